The average molecular weight is 343 g/mol. The second-order valence-electron chi connectivity index (χ2n) is 7.52. The van der Waals surface area contributed by atoms with Crippen LogP contribution in [0.2, 0.25) is 0 Å². The Balaban J connectivity index is 1.70. The Hall–Kier alpha value is -1.88. The second-order valence-corrected chi connectivity index (χ2v) is 7.52. The first-order valence-corrected chi connectivity index (χ1v) is 9.40. The van der Waals surface area contributed by atoms with E-state index >= 15 is 0 Å². The molecule has 2 aliphatic heterocycles. The van der Waals surface area contributed by atoms with E-state index in [1.54, 1.807) is 0 Å². The molecule has 2 unspecified atom stereocenters. The molecule has 2 heterocycles. The van der Waals surface area contributed by atoms with E-state index in [1.165, 1.54) is 0 Å². The lowest BCUT2D eigenvalue weighted by Crippen LogP contribution is -2.60. The monoisotopic (exact) mass is 343 g/mol. The summed E-state index contributed by atoms with van der Waals surface area (Å²) in [6, 6.07) is 9.30. The number of rotatable bonds is 4. The highest BCUT2D eigenvalue weighted by molar-refractivity contribution is 5.94. The zero-order valence-corrected chi connectivity index (χ0v) is 15.5. The molecular weight excluding hydrogens is 314 g/mol. The van der Waals surface area contributed by atoms with Gasteiger partial charge in [-0.1, -0.05) is 38.5 Å². The number of piperidine rings is 1. The third-order valence-corrected chi connectivity index (χ3v) is 5.73. The number of nitrogens with zero attached hydrogens (tertiary/aromatic N) is 2. The van der Waals surface area contributed by atoms with Crippen LogP contribution in [-0.4, -0.2) is 53.0 Å². The van der Waals surface area contributed by atoms with E-state index in [1.807, 2.05) is 42.2 Å². The van der Waals surface area contributed by atoms with Crippen molar-refractivity contribution in [2.75, 3.05) is 19.6 Å². The lowest BCUT2D eigenvalue weighted by molar-refractivity contribution is -0.133. The van der Waals surface area contributed by atoms with E-state index in [9.17, 15) is 9.59 Å². The van der Waals surface area contributed by atoms with E-state index in [4.69, 9.17) is 0 Å². The molecule has 2 aliphatic rings. The molecule has 0 saturated carbocycles. The predicted octanol–water partition coefficient (Wildman–Crippen LogP) is 2.49. The summed E-state index contributed by atoms with van der Waals surface area (Å²) in [6.07, 6.45) is 2.64. The summed E-state index contributed by atoms with van der Waals surface area (Å²) in [7, 11) is 0. The van der Waals surface area contributed by atoms with Crippen LogP contribution in [0.1, 0.15) is 50.4 Å². The number of likely N-dealkylation sites (tertiary alicyclic amines) is 1. The summed E-state index contributed by atoms with van der Waals surface area (Å²) < 4.78 is 0. The molecule has 2 amide bonds. The first kappa shape index (κ1) is 17.9. The molecule has 0 bridgehead atoms. The van der Waals surface area contributed by atoms with Crippen LogP contribution in [-0.2, 0) is 4.79 Å². The fourth-order valence-corrected chi connectivity index (χ4v) is 3.95. The molecule has 1 spiro atoms. The number of carbonyl (C=O) groups excluding carboxylic acids is 2. The minimum Gasteiger partial charge on any atom is -0.338 e. The maximum absolute atomic E-state index is 12.7. The van der Waals surface area contributed by atoms with Crippen LogP contribution >= 0.6 is 0 Å². The van der Waals surface area contributed by atoms with Gasteiger partial charge in [0.05, 0.1) is 11.7 Å². The first-order valence-electron chi connectivity index (χ1n) is 9.40. The number of hydrogen-bond donors (Lipinski definition) is 1. The van der Waals surface area contributed by atoms with Gasteiger partial charge < -0.3 is 9.80 Å². The third kappa shape index (κ3) is 3.43. The Morgan fingerprint density at radius 1 is 1.28 bits per heavy atom. The maximum Gasteiger partial charge on any atom is 0.253 e. The van der Waals surface area contributed by atoms with Crippen LogP contribution in [0.15, 0.2) is 30.3 Å². The Morgan fingerprint density at radius 2 is 1.92 bits per heavy atom. The molecule has 2 fully saturated rings. The summed E-state index contributed by atoms with van der Waals surface area (Å²) in [5.74, 6) is 0.765. The Bertz CT molecular complexity index is 623. The fraction of sp³-hybridized carbons (Fsp3) is 0.600. The van der Waals surface area contributed by atoms with Crippen molar-refractivity contribution in [3.8, 4) is 0 Å². The van der Waals surface area contributed by atoms with Gasteiger partial charge in [-0.2, -0.15) is 0 Å². The van der Waals surface area contributed by atoms with Gasteiger partial charge in [0.15, 0.2) is 0 Å². The molecule has 2 atom stereocenters. The molecular formula is C20H29N3O2. The lowest BCUT2D eigenvalue weighted by Gasteiger charge is -2.45. The summed E-state index contributed by atoms with van der Waals surface area (Å²) in [5.41, 5.74) is 0.451. The Kier molecular flexibility index (Phi) is 5.13. The molecule has 5 heteroatoms. The van der Waals surface area contributed by atoms with Crippen LogP contribution in [0.25, 0.3) is 0 Å². The molecule has 2 saturated heterocycles. The van der Waals surface area contributed by atoms with Gasteiger partial charge in [0.25, 0.3) is 5.91 Å². The number of nitrogens with one attached hydrogen (secondary N) is 1. The van der Waals surface area contributed by atoms with Crippen molar-refractivity contribution in [1.82, 2.24) is 15.1 Å². The molecule has 0 aromatic heterocycles. The minimum absolute atomic E-state index is 0.0845. The van der Waals surface area contributed by atoms with Crippen LogP contribution in [0.5, 0.6) is 0 Å². The Morgan fingerprint density at radius 3 is 2.52 bits per heavy atom. The van der Waals surface area contributed by atoms with Gasteiger partial charge in [-0.15, -0.1) is 0 Å². The largest absolute Gasteiger partial charge is 0.338 e. The summed E-state index contributed by atoms with van der Waals surface area (Å²) >= 11 is 0. The van der Waals surface area contributed by atoms with Crippen molar-refractivity contribution < 1.29 is 9.59 Å². The van der Waals surface area contributed by atoms with Crippen molar-refractivity contribution in [2.24, 2.45) is 5.92 Å². The minimum atomic E-state index is -0.284. The Labute approximate surface area is 150 Å². The lowest BCUT2D eigenvalue weighted by atomic mass is 9.94. The smallest absolute Gasteiger partial charge is 0.253 e. The molecule has 1 N–H and O–H groups in total. The quantitative estimate of drug-likeness (QED) is 0.914. The highest BCUT2D eigenvalue weighted by atomic mass is 16.2. The summed E-state index contributed by atoms with van der Waals surface area (Å²) in [6.45, 7) is 8.45. The van der Waals surface area contributed by atoms with E-state index < -0.39 is 0 Å². The van der Waals surface area contributed by atoms with Crippen LogP contribution in [0.4, 0.5) is 0 Å². The third-order valence-electron chi connectivity index (χ3n) is 5.73. The fourth-order valence-electron chi connectivity index (χ4n) is 3.95. The van der Waals surface area contributed by atoms with Crippen molar-refractivity contribution >= 4 is 11.8 Å². The van der Waals surface area contributed by atoms with Crippen LogP contribution < -0.4 is 5.32 Å². The molecule has 3 rings (SSSR count). The summed E-state index contributed by atoms with van der Waals surface area (Å²) in [5, 5.41) is 3.54. The zero-order chi connectivity index (χ0) is 18.0. The average Bonchev–Trinajstić information content (AvgIpc) is 2.86. The van der Waals surface area contributed by atoms with Crippen molar-refractivity contribution in [2.45, 2.75) is 51.7 Å². The van der Waals surface area contributed by atoms with E-state index in [0.717, 1.165) is 31.4 Å². The number of amides is 2. The highest BCUT2D eigenvalue weighted by Crippen LogP contribution is 2.33. The van der Waals surface area contributed by atoms with E-state index in [0.29, 0.717) is 19.0 Å². The van der Waals surface area contributed by atoms with Gasteiger partial charge in [-0.25, -0.2) is 0 Å². The van der Waals surface area contributed by atoms with Crippen LogP contribution in [0, 0.1) is 5.92 Å². The molecule has 136 valence electrons. The van der Waals surface area contributed by atoms with Crippen LogP contribution in [0.3, 0.4) is 0 Å². The van der Waals surface area contributed by atoms with Crippen molar-refractivity contribution in [3.05, 3.63) is 35.9 Å². The van der Waals surface area contributed by atoms with E-state index in [-0.39, 0.29) is 23.5 Å². The SMILES string of the molecule is CCC(C)CN1C(=O)C(C)NC12CCN(C(=O)c1ccccc1)CC2. The van der Waals surface area contributed by atoms with Gasteiger partial charge >= 0.3 is 0 Å². The summed E-state index contributed by atoms with van der Waals surface area (Å²) in [4.78, 5) is 29.3. The van der Waals surface area contributed by atoms with Gasteiger partial charge in [0.2, 0.25) is 5.91 Å². The van der Waals surface area contributed by atoms with E-state index in [2.05, 4.69) is 24.1 Å². The van der Waals surface area contributed by atoms with Gasteiger partial charge in [-0.3, -0.25) is 14.9 Å². The second kappa shape index (κ2) is 7.16. The number of carbonyl (C=O) groups is 2. The normalized spacial score (nSPS) is 24.0. The standard InChI is InChI=1S/C20H29N3O2/c1-4-15(2)14-23-18(24)16(3)21-20(23)10-12-22(13-11-20)19(25)17-8-6-5-7-9-17/h5-9,15-16,21H,4,10-14H2,1-3H3. The molecule has 0 radical (unpaired) electrons. The topological polar surface area (TPSA) is 52.7 Å². The highest BCUT2D eigenvalue weighted by Gasteiger charge is 2.50. The zero-order valence-electron chi connectivity index (χ0n) is 15.5. The molecule has 1 aromatic carbocycles. The van der Waals surface area contributed by atoms with Crippen molar-refractivity contribution in [1.29, 1.82) is 0 Å². The molecule has 0 aliphatic carbocycles. The van der Waals surface area contributed by atoms with Gasteiger partial charge in [0, 0.05) is 38.0 Å². The predicted molar refractivity (Wildman–Crippen MR) is 98.1 cm³/mol. The van der Waals surface area contributed by atoms with Gasteiger partial charge in [-0.05, 0) is 25.0 Å². The number of benzene rings is 1. The molecule has 1 aromatic rings. The molecule has 25 heavy (non-hydrogen) atoms. The number of hydrogen-bond acceptors (Lipinski definition) is 3. The first-order chi connectivity index (χ1) is 12.0. The van der Waals surface area contributed by atoms with Gasteiger partial charge in [0.1, 0.15) is 0 Å². The maximum atomic E-state index is 12.7. The van der Waals surface area contributed by atoms with Crippen molar-refractivity contribution in [3.63, 3.8) is 0 Å². The molecule has 5 nitrogen and oxygen atoms in total.